The molecule has 0 aliphatic heterocycles. The minimum atomic E-state index is -3.52. The van der Waals surface area contributed by atoms with Crippen LogP contribution in [0.2, 0.25) is 5.04 Å². The fourth-order valence-corrected chi connectivity index (χ4v) is 10.7. The lowest BCUT2D eigenvalue weighted by Gasteiger charge is -2.45. The van der Waals surface area contributed by atoms with E-state index in [2.05, 4.69) is 20.8 Å². The molecule has 0 amide bonds. The number of aliphatic carboxylic acids is 1. The Labute approximate surface area is 192 Å². The normalized spacial score (nSPS) is 13.7. The Balaban J connectivity index is 2.65. The van der Waals surface area contributed by atoms with Gasteiger partial charge in [-0.3, -0.25) is 9.36 Å². The number of carbonyl (C=O) groups is 1. The molecule has 2 aromatic carbocycles. The predicted octanol–water partition coefficient (Wildman–Crippen LogP) is 4.67. The van der Waals surface area contributed by atoms with E-state index in [1.54, 1.807) is 13.8 Å². The smallest absolute Gasteiger partial charge is 0.333 e. The minimum Gasteiger partial charge on any atom is -0.481 e. The molecule has 2 aromatic rings. The van der Waals surface area contributed by atoms with Gasteiger partial charge in [-0.2, -0.15) is 0 Å². The van der Waals surface area contributed by atoms with Gasteiger partial charge in [-0.25, -0.2) is 0 Å². The summed E-state index contributed by atoms with van der Waals surface area (Å²) >= 11 is 0. The Bertz CT molecular complexity index is 848. The van der Waals surface area contributed by atoms with E-state index in [1.165, 1.54) is 0 Å². The summed E-state index contributed by atoms with van der Waals surface area (Å²) in [6.07, 6.45) is -1.26. The summed E-state index contributed by atoms with van der Waals surface area (Å²) in [6.45, 7) is 10.2. The summed E-state index contributed by atoms with van der Waals surface area (Å²) in [5.74, 6) is -1.02. The summed E-state index contributed by atoms with van der Waals surface area (Å²) in [7, 11) is -6.54. The van der Waals surface area contributed by atoms with Crippen LogP contribution >= 0.6 is 7.60 Å². The molecule has 0 aliphatic rings. The van der Waals surface area contributed by atoms with Gasteiger partial charge in [-0.15, -0.1) is 0 Å². The molecule has 8 heteroatoms. The van der Waals surface area contributed by atoms with Crippen molar-refractivity contribution in [3.63, 3.8) is 0 Å². The highest BCUT2D eigenvalue weighted by atomic mass is 31.2. The molecule has 32 heavy (non-hydrogen) atoms. The summed E-state index contributed by atoms with van der Waals surface area (Å²) in [5.41, 5.74) is 0. The van der Waals surface area contributed by atoms with Crippen LogP contribution in [-0.2, 0) is 22.8 Å². The first-order chi connectivity index (χ1) is 15.1. The van der Waals surface area contributed by atoms with Crippen LogP contribution in [0.5, 0.6) is 0 Å². The molecule has 6 nitrogen and oxygen atoms in total. The molecule has 0 aliphatic carbocycles. The maximum atomic E-state index is 13.3. The molecule has 0 heterocycles. The fraction of sp³-hybridized carbons (Fsp3) is 0.458. The second kappa shape index (κ2) is 11.4. The maximum absolute atomic E-state index is 13.3. The molecule has 0 saturated carbocycles. The lowest BCUT2D eigenvalue weighted by atomic mass is 10.2. The zero-order valence-corrected chi connectivity index (χ0v) is 21.5. The molecule has 0 saturated heterocycles. The SMILES string of the molecule is CCOP(=O)(CC(CC(=O)O)O[Si](c1ccccc1)(c1ccccc1)C(C)(C)C)OCC. The number of rotatable bonds is 12. The molecule has 1 unspecified atom stereocenters. The van der Waals surface area contributed by atoms with Crippen LogP contribution in [-0.4, -0.2) is 44.9 Å². The van der Waals surface area contributed by atoms with E-state index < -0.39 is 28.0 Å². The number of carboxylic acids is 1. The highest BCUT2D eigenvalue weighted by Crippen LogP contribution is 2.50. The molecule has 1 N–H and O–H groups in total. The topological polar surface area (TPSA) is 82.1 Å². The molecule has 2 rings (SSSR count). The van der Waals surface area contributed by atoms with Gasteiger partial charge >= 0.3 is 13.6 Å². The third-order valence-electron chi connectivity index (χ3n) is 5.24. The average Bonchev–Trinajstić information content (AvgIpc) is 2.72. The van der Waals surface area contributed by atoms with Crippen molar-refractivity contribution < 1.29 is 27.9 Å². The monoisotopic (exact) mass is 478 g/mol. The van der Waals surface area contributed by atoms with E-state index in [0.29, 0.717) is 0 Å². The van der Waals surface area contributed by atoms with Crippen LogP contribution in [0, 0.1) is 0 Å². The lowest BCUT2D eigenvalue weighted by molar-refractivity contribution is -0.138. The standard InChI is InChI=1S/C24H35O6PSi/c1-6-28-31(27,29-7-2)19-20(18-23(25)26)30-32(24(3,4)5,21-14-10-8-11-15-21)22-16-12-9-13-17-22/h8-17,20H,6-7,18-19H2,1-5H3,(H,25,26). The third-order valence-corrected chi connectivity index (χ3v) is 12.5. The first kappa shape index (κ1) is 26.5. The zero-order chi connectivity index (χ0) is 23.8. The van der Waals surface area contributed by atoms with Crippen molar-refractivity contribution in [2.24, 2.45) is 0 Å². The predicted molar refractivity (Wildman–Crippen MR) is 130 cm³/mol. The van der Waals surface area contributed by atoms with E-state index in [0.717, 1.165) is 10.4 Å². The van der Waals surface area contributed by atoms with Gasteiger partial charge in [0.25, 0.3) is 8.32 Å². The molecular formula is C24H35O6PSi. The van der Waals surface area contributed by atoms with Gasteiger partial charge in [-0.05, 0) is 29.3 Å². The van der Waals surface area contributed by atoms with Gasteiger partial charge in [0.05, 0.1) is 31.9 Å². The second-order valence-electron chi connectivity index (χ2n) is 8.63. The van der Waals surface area contributed by atoms with E-state index in [9.17, 15) is 14.5 Å². The first-order valence-corrected chi connectivity index (χ1v) is 14.6. The molecule has 0 bridgehead atoms. The average molecular weight is 479 g/mol. The van der Waals surface area contributed by atoms with Crippen molar-refractivity contribution in [3.05, 3.63) is 60.7 Å². The summed E-state index contributed by atoms with van der Waals surface area (Å²) < 4.78 is 31.2. The first-order valence-electron chi connectivity index (χ1n) is 11.0. The van der Waals surface area contributed by atoms with Crippen LogP contribution in [0.4, 0.5) is 0 Å². The second-order valence-corrected chi connectivity index (χ2v) is 15.0. The molecular weight excluding hydrogens is 443 g/mol. The van der Waals surface area contributed by atoms with Crippen LogP contribution < -0.4 is 10.4 Å². The van der Waals surface area contributed by atoms with Crippen LogP contribution in [0.1, 0.15) is 41.0 Å². The Morgan fingerprint density at radius 2 is 1.38 bits per heavy atom. The number of hydrogen-bond donors (Lipinski definition) is 1. The fourth-order valence-electron chi connectivity index (χ4n) is 4.06. The minimum absolute atomic E-state index is 0.120. The molecule has 1 atom stereocenters. The van der Waals surface area contributed by atoms with Crippen LogP contribution in [0.3, 0.4) is 0 Å². The van der Waals surface area contributed by atoms with Crippen molar-refractivity contribution in [2.75, 3.05) is 19.4 Å². The van der Waals surface area contributed by atoms with Gasteiger partial charge in [-0.1, -0.05) is 81.4 Å². The highest BCUT2D eigenvalue weighted by Gasteiger charge is 2.52. The maximum Gasteiger partial charge on any atom is 0.333 e. The summed E-state index contributed by atoms with van der Waals surface area (Å²) in [6, 6.07) is 19.9. The quantitative estimate of drug-likeness (QED) is 0.353. The van der Waals surface area contributed by atoms with Crippen LogP contribution in [0.15, 0.2) is 60.7 Å². The number of benzene rings is 2. The lowest BCUT2D eigenvalue weighted by Crippen LogP contribution is -2.68. The van der Waals surface area contributed by atoms with Crippen molar-refractivity contribution in [3.8, 4) is 0 Å². The molecule has 0 spiro atoms. The number of hydrogen-bond acceptors (Lipinski definition) is 5. The third kappa shape index (κ3) is 6.39. The Kier molecular flexibility index (Phi) is 9.43. The van der Waals surface area contributed by atoms with Crippen LogP contribution in [0.25, 0.3) is 0 Å². The van der Waals surface area contributed by atoms with Crippen molar-refractivity contribution in [2.45, 2.75) is 52.2 Å². The molecule has 0 fully saturated rings. The summed E-state index contributed by atoms with van der Waals surface area (Å²) in [4.78, 5) is 11.8. The zero-order valence-electron chi connectivity index (χ0n) is 19.6. The van der Waals surface area contributed by atoms with Gasteiger partial charge in [0.2, 0.25) is 0 Å². The van der Waals surface area contributed by atoms with Crippen molar-refractivity contribution in [1.82, 2.24) is 0 Å². The Morgan fingerprint density at radius 3 is 1.72 bits per heavy atom. The Morgan fingerprint density at radius 1 is 0.938 bits per heavy atom. The largest absolute Gasteiger partial charge is 0.481 e. The van der Waals surface area contributed by atoms with E-state index >= 15 is 0 Å². The van der Waals surface area contributed by atoms with Crippen molar-refractivity contribution >= 4 is 32.3 Å². The Hall–Kier alpha value is -1.76. The molecule has 0 radical (unpaired) electrons. The van der Waals surface area contributed by atoms with Gasteiger partial charge in [0, 0.05) is 0 Å². The van der Waals surface area contributed by atoms with Gasteiger partial charge < -0.3 is 18.6 Å². The summed E-state index contributed by atoms with van der Waals surface area (Å²) in [5, 5.41) is 11.4. The molecule has 176 valence electrons. The van der Waals surface area contributed by atoms with E-state index in [4.69, 9.17) is 13.5 Å². The highest BCUT2D eigenvalue weighted by molar-refractivity contribution is 7.53. The number of carboxylic acid groups (broad SMARTS) is 1. The molecule has 0 aromatic heterocycles. The van der Waals surface area contributed by atoms with Gasteiger partial charge in [0.1, 0.15) is 0 Å². The van der Waals surface area contributed by atoms with Crippen molar-refractivity contribution in [1.29, 1.82) is 0 Å². The van der Waals surface area contributed by atoms with E-state index in [-0.39, 0.29) is 30.8 Å². The van der Waals surface area contributed by atoms with Gasteiger partial charge in [0.15, 0.2) is 0 Å². The van der Waals surface area contributed by atoms with E-state index in [1.807, 2.05) is 60.7 Å².